The SMILES string of the molecule is C/C(=N\OCc1ccc(C(F)(F)F)cc1)c1ccc(OCC(=N)N=N)nc1.NCCO. The predicted molar refractivity (Wildman–Crippen MR) is 107 cm³/mol. The fraction of sp³-hybridized carbons (Fsp3) is 0.316. The maximum Gasteiger partial charge on any atom is 0.416 e. The normalized spacial score (nSPS) is 11.2. The second-order valence-electron chi connectivity index (χ2n) is 5.89. The van der Waals surface area contributed by atoms with Gasteiger partial charge in [0.25, 0.3) is 0 Å². The van der Waals surface area contributed by atoms with E-state index in [0.29, 0.717) is 23.4 Å². The van der Waals surface area contributed by atoms with Crippen molar-refractivity contribution >= 4 is 11.5 Å². The third-order valence-corrected chi connectivity index (χ3v) is 3.49. The lowest BCUT2D eigenvalue weighted by Gasteiger charge is -2.07. The molecule has 31 heavy (non-hydrogen) atoms. The summed E-state index contributed by atoms with van der Waals surface area (Å²) in [6.45, 7) is 2.04. The van der Waals surface area contributed by atoms with Crippen molar-refractivity contribution in [2.24, 2.45) is 16.0 Å². The van der Waals surface area contributed by atoms with Gasteiger partial charge in [-0.1, -0.05) is 17.3 Å². The number of alkyl halides is 3. The number of hydrogen-bond acceptors (Lipinski definition) is 8. The van der Waals surface area contributed by atoms with Crippen LogP contribution in [0.2, 0.25) is 0 Å². The zero-order valence-corrected chi connectivity index (χ0v) is 16.7. The fourth-order valence-corrected chi connectivity index (χ4v) is 1.90. The number of rotatable bonds is 8. The van der Waals surface area contributed by atoms with Gasteiger partial charge in [0.05, 0.1) is 17.9 Å². The minimum Gasteiger partial charge on any atom is -0.469 e. The molecule has 0 atom stereocenters. The Kier molecular flexibility index (Phi) is 10.8. The molecule has 0 radical (unpaired) electrons. The van der Waals surface area contributed by atoms with E-state index in [1.165, 1.54) is 18.3 Å². The van der Waals surface area contributed by atoms with E-state index in [2.05, 4.69) is 15.3 Å². The third kappa shape index (κ3) is 9.78. The Hall–Kier alpha value is -3.38. The van der Waals surface area contributed by atoms with Gasteiger partial charge >= 0.3 is 6.18 Å². The third-order valence-electron chi connectivity index (χ3n) is 3.49. The smallest absolute Gasteiger partial charge is 0.416 e. The van der Waals surface area contributed by atoms with Crippen LogP contribution < -0.4 is 10.5 Å². The molecule has 0 fully saturated rings. The second kappa shape index (κ2) is 13.0. The maximum atomic E-state index is 12.5. The minimum absolute atomic E-state index is 0.0306. The quantitative estimate of drug-likeness (QED) is 0.215. The summed E-state index contributed by atoms with van der Waals surface area (Å²) in [5.41, 5.74) is 12.5. The van der Waals surface area contributed by atoms with E-state index in [9.17, 15) is 13.2 Å². The molecular formula is C19H23F3N6O3. The van der Waals surface area contributed by atoms with Crippen LogP contribution in [0.25, 0.3) is 0 Å². The highest BCUT2D eigenvalue weighted by Crippen LogP contribution is 2.29. The molecule has 1 aromatic heterocycles. The molecule has 0 unspecified atom stereocenters. The summed E-state index contributed by atoms with van der Waals surface area (Å²) in [7, 11) is 0. The van der Waals surface area contributed by atoms with Gasteiger partial charge in [0.2, 0.25) is 5.88 Å². The van der Waals surface area contributed by atoms with Gasteiger partial charge in [0.1, 0.15) is 6.61 Å². The fourth-order valence-electron chi connectivity index (χ4n) is 1.90. The average molecular weight is 440 g/mol. The molecule has 2 aromatic rings. The topological polar surface area (TPSA) is 150 Å². The van der Waals surface area contributed by atoms with Crippen LogP contribution in [0.4, 0.5) is 13.2 Å². The van der Waals surface area contributed by atoms with Crippen LogP contribution in [0, 0.1) is 10.9 Å². The molecule has 2 rings (SSSR count). The summed E-state index contributed by atoms with van der Waals surface area (Å²) in [5.74, 6) is 0.0425. The summed E-state index contributed by atoms with van der Waals surface area (Å²) in [6.07, 6.45) is -2.87. The number of benzene rings is 1. The van der Waals surface area contributed by atoms with Gasteiger partial charge in [0.15, 0.2) is 12.4 Å². The van der Waals surface area contributed by atoms with Gasteiger partial charge in [-0.2, -0.15) is 13.2 Å². The molecule has 0 spiro atoms. The van der Waals surface area contributed by atoms with Crippen LogP contribution in [-0.4, -0.2) is 41.4 Å². The van der Waals surface area contributed by atoms with Crippen LogP contribution in [0.3, 0.4) is 0 Å². The monoisotopic (exact) mass is 440 g/mol. The summed E-state index contributed by atoms with van der Waals surface area (Å²) in [4.78, 5) is 9.21. The first-order valence-corrected chi connectivity index (χ1v) is 8.89. The number of hydrogen-bond donors (Lipinski definition) is 4. The van der Waals surface area contributed by atoms with Crippen LogP contribution in [-0.2, 0) is 17.6 Å². The molecule has 0 amide bonds. The first kappa shape index (κ1) is 25.7. The van der Waals surface area contributed by atoms with E-state index in [1.54, 1.807) is 19.1 Å². The van der Waals surface area contributed by atoms with Gasteiger partial charge in [-0.3, -0.25) is 5.41 Å². The number of nitrogens with zero attached hydrogens (tertiary/aromatic N) is 3. The van der Waals surface area contributed by atoms with Gasteiger partial charge in [0, 0.05) is 24.4 Å². The van der Waals surface area contributed by atoms with Gasteiger partial charge in [-0.25, -0.2) is 10.5 Å². The summed E-state index contributed by atoms with van der Waals surface area (Å²) < 4.78 is 42.7. The molecule has 0 aliphatic rings. The van der Waals surface area contributed by atoms with Crippen molar-refractivity contribution in [1.29, 1.82) is 10.9 Å². The number of nitrogens with two attached hydrogens (primary N) is 1. The van der Waals surface area contributed by atoms with Gasteiger partial charge in [-0.15, -0.1) is 5.11 Å². The molecular weight excluding hydrogens is 417 g/mol. The molecule has 0 saturated heterocycles. The molecule has 1 heterocycles. The Labute approximate surface area is 176 Å². The van der Waals surface area contributed by atoms with Crippen molar-refractivity contribution in [3.63, 3.8) is 0 Å². The first-order valence-electron chi connectivity index (χ1n) is 8.89. The molecule has 0 aliphatic heterocycles. The number of aliphatic hydroxyl groups excluding tert-OH is 1. The summed E-state index contributed by atoms with van der Waals surface area (Å²) in [6, 6.07) is 7.91. The molecule has 12 heteroatoms. The van der Waals surface area contributed by atoms with E-state index in [1.807, 2.05) is 0 Å². The van der Waals surface area contributed by atoms with Crippen LogP contribution in [0.1, 0.15) is 23.6 Å². The zero-order valence-electron chi connectivity index (χ0n) is 16.7. The number of oxime groups is 1. The van der Waals surface area contributed by atoms with Gasteiger partial charge in [-0.05, 0) is 30.7 Å². The molecule has 9 nitrogen and oxygen atoms in total. The Balaban J connectivity index is 0.00000110. The lowest BCUT2D eigenvalue weighted by atomic mass is 10.1. The lowest BCUT2D eigenvalue weighted by Crippen LogP contribution is -2.08. The minimum atomic E-state index is -4.37. The van der Waals surface area contributed by atoms with Crippen molar-refractivity contribution < 1.29 is 27.9 Å². The number of ether oxygens (including phenoxy) is 1. The Morgan fingerprint density at radius 3 is 2.32 bits per heavy atom. The molecule has 0 saturated carbocycles. The van der Waals surface area contributed by atoms with Crippen LogP contribution in [0.15, 0.2) is 52.9 Å². The summed E-state index contributed by atoms with van der Waals surface area (Å²) >= 11 is 0. The van der Waals surface area contributed by atoms with Crippen LogP contribution >= 0.6 is 0 Å². The highest BCUT2D eigenvalue weighted by Gasteiger charge is 2.29. The van der Waals surface area contributed by atoms with Crippen LogP contribution in [0.5, 0.6) is 5.88 Å². The predicted octanol–water partition coefficient (Wildman–Crippen LogP) is 3.37. The van der Waals surface area contributed by atoms with Crippen molar-refractivity contribution in [2.45, 2.75) is 19.7 Å². The van der Waals surface area contributed by atoms with E-state index in [4.69, 9.17) is 31.4 Å². The number of nitrogens with one attached hydrogen (secondary N) is 2. The maximum absolute atomic E-state index is 12.5. The number of pyridine rings is 1. The second-order valence-corrected chi connectivity index (χ2v) is 5.89. The number of aliphatic hydroxyl groups is 1. The number of halogens is 3. The molecule has 168 valence electrons. The highest BCUT2D eigenvalue weighted by atomic mass is 19.4. The Bertz CT molecular complexity index is 854. The van der Waals surface area contributed by atoms with Crippen molar-refractivity contribution in [1.82, 2.24) is 4.98 Å². The standard InChI is InChI=1S/C17H16F3N5O2.C2H7NO/c1-11(13-4-7-16(23-8-13)26-10-15(21)24-22)25-27-9-12-2-5-14(6-3-12)17(18,19)20;3-1-2-4/h2-8,21-22H,9-10H2,1H3;4H,1-3H2/b21-15?,24-22?,25-11+;. The average Bonchev–Trinajstić information content (AvgIpc) is 2.77. The molecule has 1 aromatic carbocycles. The molecule has 0 aliphatic carbocycles. The number of amidine groups is 1. The Morgan fingerprint density at radius 1 is 1.19 bits per heavy atom. The molecule has 5 N–H and O–H groups in total. The highest BCUT2D eigenvalue weighted by molar-refractivity contribution is 5.98. The molecule has 0 bridgehead atoms. The lowest BCUT2D eigenvalue weighted by molar-refractivity contribution is -0.137. The zero-order chi connectivity index (χ0) is 23.3. The van der Waals surface area contributed by atoms with Crippen molar-refractivity contribution in [3.05, 3.63) is 59.3 Å². The van der Waals surface area contributed by atoms with Crippen molar-refractivity contribution in [3.8, 4) is 5.88 Å². The first-order chi connectivity index (χ1) is 14.7. The van der Waals surface area contributed by atoms with Gasteiger partial charge < -0.3 is 20.4 Å². The van der Waals surface area contributed by atoms with E-state index in [-0.39, 0.29) is 31.5 Å². The van der Waals surface area contributed by atoms with Crippen molar-refractivity contribution in [2.75, 3.05) is 19.8 Å². The van der Waals surface area contributed by atoms with E-state index < -0.39 is 11.7 Å². The van der Waals surface area contributed by atoms with E-state index in [0.717, 1.165) is 12.1 Å². The summed E-state index contributed by atoms with van der Waals surface area (Å²) in [5, 5.41) is 21.8. The Morgan fingerprint density at radius 2 is 1.84 bits per heavy atom. The van der Waals surface area contributed by atoms with E-state index >= 15 is 0 Å². The number of aromatic nitrogens is 1. The largest absolute Gasteiger partial charge is 0.469 e.